The van der Waals surface area contributed by atoms with Gasteiger partial charge in [0, 0.05) is 5.56 Å². The zero-order chi connectivity index (χ0) is 13.0. The van der Waals surface area contributed by atoms with Crippen molar-refractivity contribution in [2.45, 2.75) is 26.9 Å². The zero-order valence-electron chi connectivity index (χ0n) is 10.8. The Labute approximate surface area is 107 Å². The molecule has 18 heavy (non-hydrogen) atoms. The van der Waals surface area contributed by atoms with Crippen molar-refractivity contribution in [3.05, 3.63) is 30.5 Å². The van der Waals surface area contributed by atoms with Crippen LogP contribution in [0.4, 0.5) is 0 Å². The highest BCUT2D eigenvalue weighted by Gasteiger charge is 2.07. The predicted molar refractivity (Wildman–Crippen MR) is 68.9 cm³/mol. The lowest BCUT2D eigenvalue weighted by molar-refractivity contribution is 0.242. The first-order valence-electron chi connectivity index (χ1n) is 6.04. The molecule has 0 saturated carbocycles. The molecule has 0 aliphatic heterocycles. The Morgan fingerprint density at radius 3 is 2.56 bits per heavy atom. The third-order valence-electron chi connectivity index (χ3n) is 2.24. The highest BCUT2D eigenvalue weighted by atomic mass is 16.6. The molecule has 0 atom stereocenters. The average molecular weight is 247 g/mol. The van der Waals surface area contributed by atoms with Crippen LogP contribution in [0.5, 0.6) is 11.7 Å². The van der Waals surface area contributed by atoms with Crippen LogP contribution < -0.4 is 9.47 Å². The summed E-state index contributed by atoms with van der Waals surface area (Å²) in [5.41, 5.74) is 0.900. The lowest BCUT2D eigenvalue weighted by Gasteiger charge is -2.09. The van der Waals surface area contributed by atoms with E-state index >= 15 is 0 Å². The Balaban J connectivity index is 2.12. The number of ether oxygens (including phenoxy) is 2. The molecule has 2 aromatic rings. The van der Waals surface area contributed by atoms with Gasteiger partial charge in [0.15, 0.2) is 0 Å². The van der Waals surface area contributed by atoms with Crippen molar-refractivity contribution in [3.63, 3.8) is 0 Å². The Morgan fingerprint density at radius 2 is 1.94 bits per heavy atom. The van der Waals surface area contributed by atoms with Crippen molar-refractivity contribution in [2.75, 3.05) is 6.61 Å². The fourth-order valence-electron chi connectivity index (χ4n) is 1.55. The number of benzene rings is 1. The van der Waals surface area contributed by atoms with Crippen LogP contribution in [0.1, 0.15) is 20.8 Å². The van der Waals surface area contributed by atoms with Gasteiger partial charge in [-0.2, -0.15) is 0 Å². The highest BCUT2D eigenvalue weighted by molar-refractivity contribution is 5.54. The molecule has 1 aromatic carbocycles. The normalized spacial score (nSPS) is 10.7. The lowest BCUT2D eigenvalue weighted by Crippen LogP contribution is -2.05. The summed E-state index contributed by atoms with van der Waals surface area (Å²) in [5.74, 6) is 1.83. The second-order valence-electron chi connectivity index (χ2n) is 4.11. The maximum absolute atomic E-state index is 5.57. The van der Waals surface area contributed by atoms with Crippen LogP contribution in [0, 0.1) is 0 Å². The second kappa shape index (κ2) is 5.58. The SMILES string of the molecule is CCOc1cnc(-c2ccc(OC(C)C)cc2)o1. The van der Waals surface area contributed by atoms with Gasteiger partial charge in [-0.1, -0.05) is 0 Å². The van der Waals surface area contributed by atoms with E-state index in [1.807, 2.05) is 45.0 Å². The van der Waals surface area contributed by atoms with Gasteiger partial charge in [0.25, 0.3) is 0 Å². The zero-order valence-corrected chi connectivity index (χ0v) is 10.8. The van der Waals surface area contributed by atoms with Gasteiger partial charge in [0.05, 0.1) is 12.7 Å². The molecule has 0 bridgehead atoms. The van der Waals surface area contributed by atoms with Gasteiger partial charge < -0.3 is 13.9 Å². The molecule has 96 valence electrons. The predicted octanol–water partition coefficient (Wildman–Crippen LogP) is 3.53. The van der Waals surface area contributed by atoms with Crippen molar-refractivity contribution < 1.29 is 13.9 Å². The summed E-state index contributed by atoms with van der Waals surface area (Å²) in [6.45, 7) is 6.46. The van der Waals surface area contributed by atoms with E-state index in [0.717, 1.165) is 11.3 Å². The van der Waals surface area contributed by atoms with Gasteiger partial charge in [-0.3, -0.25) is 0 Å². The van der Waals surface area contributed by atoms with Crippen LogP contribution in [0.3, 0.4) is 0 Å². The van der Waals surface area contributed by atoms with Crippen molar-refractivity contribution in [2.24, 2.45) is 0 Å². The number of hydrogen-bond donors (Lipinski definition) is 0. The molecule has 4 heteroatoms. The first-order chi connectivity index (χ1) is 8.69. The molecular formula is C14H17NO3. The van der Waals surface area contributed by atoms with E-state index in [0.29, 0.717) is 18.4 Å². The summed E-state index contributed by atoms with van der Waals surface area (Å²) < 4.78 is 16.3. The topological polar surface area (TPSA) is 44.5 Å². The number of hydrogen-bond acceptors (Lipinski definition) is 4. The van der Waals surface area contributed by atoms with Gasteiger partial charge in [0.1, 0.15) is 11.9 Å². The van der Waals surface area contributed by atoms with Gasteiger partial charge in [-0.05, 0) is 45.0 Å². The molecule has 0 amide bonds. The molecule has 2 rings (SSSR count). The molecule has 0 radical (unpaired) electrons. The van der Waals surface area contributed by atoms with Crippen LogP contribution in [-0.2, 0) is 0 Å². The number of rotatable bonds is 5. The largest absolute Gasteiger partial charge is 0.491 e. The first kappa shape index (κ1) is 12.5. The highest BCUT2D eigenvalue weighted by Crippen LogP contribution is 2.25. The van der Waals surface area contributed by atoms with Crippen molar-refractivity contribution >= 4 is 0 Å². The Hall–Kier alpha value is -1.97. The van der Waals surface area contributed by atoms with E-state index in [1.165, 1.54) is 0 Å². The van der Waals surface area contributed by atoms with E-state index in [9.17, 15) is 0 Å². The third-order valence-corrected chi connectivity index (χ3v) is 2.24. The van der Waals surface area contributed by atoms with Gasteiger partial charge in [-0.15, -0.1) is 0 Å². The minimum Gasteiger partial charge on any atom is -0.491 e. The maximum Gasteiger partial charge on any atom is 0.305 e. The molecule has 0 spiro atoms. The number of nitrogens with zero attached hydrogens (tertiary/aromatic N) is 1. The van der Waals surface area contributed by atoms with Gasteiger partial charge >= 0.3 is 5.95 Å². The van der Waals surface area contributed by atoms with Crippen LogP contribution in [0.25, 0.3) is 11.5 Å². The van der Waals surface area contributed by atoms with E-state index in [2.05, 4.69) is 4.98 Å². The van der Waals surface area contributed by atoms with Gasteiger partial charge in [0.2, 0.25) is 5.89 Å². The molecule has 0 N–H and O–H groups in total. The maximum atomic E-state index is 5.57. The van der Waals surface area contributed by atoms with E-state index < -0.39 is 0 Å². The molecule has 0 aliphatic rings. The smallest absolute Gasteiger partial charge is 0.305 e. The Kier molecular flexibility index (Phi) is 3.87. The first-order valence-corrected chi connectivity index (χ1v) is 6.04. The fourth-order valence-corrected chi connectivity index (χ4v) is 1.55. The Bertz CT molecular complexity index is 488. The minimum atomic E-state index is 0.169. The molecule has 0 saturated heterocycles. The summed E-state index contributed by atoms with van der Waals surface area (Å²) in [6.07, 6.45) is 1.75. The molecule has 1 aromatic heterocycles. The molecule has 0 fully saturated rings. The standard InChI is InChI=1S/C14H17NO3/c1-4-16-13-9-15-14(18-13)11-5-7-12(8-6-11)17-10(2)3/h5-10H,4H2,1-3H3. The summed E-state index contributed by atoms with van der Waals surface area (Å²) in [4.78, 5) is 4.16. The summed E-state index contributed by atoms with van der Waals surface area (Å²) in [6, 6.07) is 7.64. The van der Waals surface area contributed by atoms with E-state index in [-0.39, 0.29) is 6.10 Å². The number of aromatic nitrogens is 1. The molecule has 0 unspecified atom stereocenters. The Morgan fingerprint density at radius 1 is 1.22 bits per heavy atom. The van der Waals surface area contributed by atoms with E-state index in [1.54, 1.807) is 6.20 Å². The van der Waals surface area contributed by atoms with Crippen LogP contribution in [0.2, 0.25) is 0 Å². The fraction of sp³-hybridized carbons (Fsp3) is 0.357. The van der Waals surface area contributed by atoms with Gasteiger partial charge in [-0.25, -0.2) is 4.98 Å². The van der Waals surface area contributed by atoms with Crippen LogP contribution in [0.15, 0.2) is 34.9 Å². The third kappa shape index (κ3) is 3.03. The van der Waals surface area contributed by atoms with Crippen molar-refractivity contribution in [3.8, 4) is 23.1 Å². The number of oxazole rings is 1. The van der Waals surface area contributed by atoms with Crippen molar-refractivity contribution in [1.29, 1.82) is 0 Å². The van der Waals surface area contributed by atoms with Crippen LogP contribution in [-0.4, -0.2) is 17.7 Å². The van der Waals surface area contributed by atoms with Crippen LogP contribution >= 0.6 is 0 Å². The monoisotopic (exact) mass is 247 g/mol. The molecule has 4 nitrogen and oxygen atoms in total. The molecule has 1 heterocycles. The average Bonchev–Trinajstić information content (AvgIpc) is 2.78. The summed E-state index contributed by atoms with van der Waals surface area (Å²) >= 11 is 0. The second-order valence-corrected chi connectivity index (χ2v) is 4.11. The van der Waals surface area contributed by atoms with Crippen molar-refractivity contribution in [1.82, 2.24) is 4.98 Å². The lowest BCUT2D eigenvalue weighted by atomic mass is 10.2. The minimum absolute atomic E-state index is 0.169. The summed E-state index contributed by atoms with van der Waals surface area (Å²) in [5, 5.41) is 0. The molecular weight excluding hydrogens is 230 g/mol. The van der Waals surface area contributed by atoms with E-state index in [4.69, 9.17) is 13.9 Å². The molecule has 0 aliphatic carbocycles. The summed E-state index contributed by atoms with van der Waals surface area (Å²) in [7, 11) is 0. The quantitative estimate of drug-likeness (QED) is 0.810.